The van der Waals surface area contributed by atoms with Crippen molar-refractivity contribution in [2.75, 3.05) is 11.4 Å². The molecule has 1 amide bonds. The van der Waals surface area contributed by atoms with Gasteiger partial charge in [0, 0.05) is 13.0 Å². The SMILES string of the molecule is O=C1CC(S(=O)(=O)F)CN1c1cccc2ocnc12. The average molecular weight is 284 g/mol. The third kappa shape index (κ3) is 1.97. The number of fused-ring (bicyclic) bond motifs is 1. The summed E-state index contributed by atoms with van der Waals surface area (Å²) < 4.78 is 39.9. The average Bonchev–Trinajstić information content (AvgIpc) is 2.93. The van der Waals surface area contributed by atoms with Crippen molar-refractivity contribution >= 4 is 32.9 Å². The zero-order chi connectivity index (χ0) is 13.6. The van der Waals surface area contributed by atoms with Crippen LogP contribution in [0.15, 0.2) is 29.0 Å². The molecule has 0 spiro atoms. The van der Waals surface area contributed by atoms with E-state index in [-0.39, 0.29) is 13.0 Å². The minimum absolute atomic E-state index is 0.205. The van der Waals surface area contributed by atoms with Crippen molar-refractivity contribution < 1.29 is 21.5 Å². The molecule has 19 heavy (non-hydrogen) atoms. The highest BCUT2D eigenvalue weighted by Crippen LogP contribution is 2.30. The number of para-hydroxylation sites is 1. The smallest absolute Gasteiger partial charge is 0.307 e. The van der Waals surface area contributed by atoms with Gasteiger partial charge >= 0.3 is 10.2 Å². The summed E-state index contributed by atoms with van der Waals surface area (Å²) >= 11 is 0. The standard InChI is InChI=1S/C11H9FN2O4S/c12-19(16,17)7-4-10(15)14(5-7)8-2-1-3-9-11(8)13-6-18-9/h1-3,6-7H,4-5H2. The van der Waals surface area contributed by atoms with Crippen molar-refractivity contribution in [2.45, 2.75) is 11.7 Å². The van der Waals surface area contributed by atoms with Gasteiger partial charge in [-0.1, -0.05) is 6.07 Å². The van der Waals surface area contributed by atoms with Crippen LogP contribution in [0.25, 0.3) is 11.1 Å². The second kappa shape index (κ2) is 4.02. The Kier molecular flexibility index (Phi) is 2.56. The molecule has 0 N–H and O–H groups in total. The maximum Gasteiger partial charge on any atom is 0.307 e. The van der Waals surface area contributed by atoms with Gasteiger partial charge in [-0.15, -0.1) is 3.89 Å². The summed E-state index contributed by atoms with van der Waals surface area (Å²) in [4.78, 5) is 17.0. The highest BCUT2D eigenvalue weighted by atomic mass is 32.3. The van der Waals surface area contributed by atoms with E-state index in [2.05, 4.69) is 4.98 Å². The fourth-order valence-electron chi connectivity index (χ4n) is 2.19. The van der Waals surface area contributed by atoms with E-state index in [1.165, 1.54) is 11.3 Å². The first-order valence-corrected chi connectivity index (χ1v) is 6.97. The van der Waals surface area contributed by atoms with Crippen molar-refractivity contribution in [1.29, 1.82) is 0 Å². The summed E-state index contributed by atoms with van der Waals surface area (Å²) in [6.07, 6.45) is 0.880. The van der Waals surface area contributed by atoms with Crippen LogP contribution in [-0.2, 0) is 15.0 Å². The summed E-state index contributed by atoms with van der Waals surface area (Å²) in [5.41, 5.74) is 1.37. The van der Waals surface area contributed by atoms with Crippen molar-refractivity contribution in [3.8, 4) is 0 Å². The Morgan fingerprint density at radius 3 is 2.89 bits per heavy atom. The summed E-state index contributed by atoms with van der Waals surface area (Å²) in [6, 6.07) is 4.96. The number of carbonyl (C=O) groups is 1. The van der Waals surface area contributed by atoms with Gasteiger partial charge in [0.2, 0.25) is 5.91 Å². The number of rotatable bonds is 2. The highest BCUT2D eigenvalue weighted by Gasteiger charge is 2.39. The molecular formula is C11H9FN2O4S. The van der Waals surface area contributed by atoms with Crippen LogP contribution in [0.3, 0.4) is 0 Å². The molecule has 0 radical (unpaired) electrons. The molecule has 3 rings (SSSR count). The summed E-state index contributed by atoms with van der Waals surface area (Å²) in [5, 5.41) is -1.32. The lowest BCUT2D eigenvalue weighted by Gasteiger charge is -2.15. The van der Waals surface area contributed by atoms with Gasteiger partial charge in [-0.05, 0) is 12.1 Å². The van der Waals surface area contributed by atoms with Crippen LogP contribution in [0, 0.1) is 0 Å². The Hall–Kier alpha value is -1.96. The van der Waals surface area contributed by atoms with E-state index in [1.807, 2.05) is 0 Å². The van der Waals surface area contributed by atoms with Gasteiger partial charge in [0.1, 0.15) is 10.8 Å². The fraction of sp³-hybridized carbons (Fsp3) is 0.273. The number of amides is 1. The number of nitrogens with zero attached hydrogens (tertiary/aromatic N) is 2. The quantitative estimate of drug-likeness (QED) is 0.775. The molecule has 6 nitrogen and oxygen atoms in total. The van der Waals surface area contributed by atoms with E-state index in [1.54, 1.807) is 18.2 Å². The monoisotopic (exact) mass is 284 g/mol. The van der Waals surface area contributed by atoms with Gasteiger partial charge in [0.15, 0.2) is 12.0 Å². The summed E-state index contributed by atoms with van der Waals surface area (Å²) in [7, 11) is -4.72. The van der Waals surface area contributed by atoms with Crippen LogP contribution in [0.2, 0.25) is 0 Å². The Balaban J connectivity index is 2.04. The summed E-state index contributed by atoms with van der Waals surface area (Å²) in [5.74, 6) is -0.443. The number of carbonyl (C=O) groups excluding carboxylic acids is 1. The lowest BCUT2D eigenvalue weighted by molar-refractivity contribution is -0.117. The molecule has 8 heteroatoms. The van der Waals surface area contributed by atoms with Gasteiger partial charge in [0.25, 0.3) is 0 Å². The molecule has 1 unspecified atom stereocenters. The largest absolute Gasteiger partial charge is 0.443 e. The molecule has 1 fully saturated rings. The van der Waals surface area contributed by atoms with Gasteiger partial charge in [0.05, 0.1) is 5.69 Å². The first-order chi connectivity index (χ1) is 8.97. The van der Waals surface area contributed by atoms with Gasteiger partial charge in [-0.2, -0.15) is 8.42 Å². The van der Waals surface area contributed by atoms with Crippen LogP contribution in [0.1, 0.15) is 6.42 Å². The van der Waals surface area contributed by atoms with E-state index in [4.69, 9.17) is 4.42 Å². The molecule has 0 aliphatic carbocycles. The van der Waals surface area contributed by atoms with E-state index >= 15 is 0 Å². The highest BCUT2D eigenvalue weighted by molar-refractivity contribution is 7.87. The van der Waals surface area contributed by atoms with E-state index in [9.17, 15) is 17.1 Å². The molecule has 1 aromatic heterocycles. The van der Waals surface area contributed by atoms with Gasteiger partial charge in [-0.3, -0.25) is 4.79 Å². The Labute approximate surface area is 108 Å². The molecule has 1 aliphatic heterocycles. The molecule has 0 saturated carbocycles. The molecule has 1 atom stereocenters. The van der Waals surface area contributed by atoms with Crippen molar-refractivity contribution in [1.82, 2.24) is 4.98 Å². The molecule has 2 heterocycles. The lowest BCUT2D eigenvalue weighted by atomic mass is 10.2. The molecule has 100 valence electrons. The second-order valence-electron chi connectivity index (χ2n) is 4.28. The Morgan fingerprint density at radius 1 is 1.42 bits per heavy atom. The van der Waals surface area contributed by atoms with E-state index in [0.29, 0.717) is 16.8 Å². The van der Waals surface area contributed by atoms with Crippen LogP contribution in [0.4, 0.5) is 9.57 Å². The van der Waals surface area contributed by atoms with Crippen molar-refractivity contribution in [2.24, 2.45) is 0 Å². The van der Waals surface area contributed by atoms with Gasteiger partial charge in [-0.25, -0.2) is 4.98 Å². The van der Waals surface area contributed by atoms with Crippen molar-refractivity contribution in [3.05, 3.63) is 24.6 Å². The summed E-state index contributed by atoms with van der Waals surface area (Å²) in [6.45, 7) is -0.205. The number of aromatic nitrogens is 1. The first kappa shape index (κ1) is 12.1. The van der Waals surface area contributed by atoms with Crippen LogP contribution in [-0.4, -0.2) is 31.1 Å². The molecule has 0 bridgehead atoms. The van der Waals surface area contributed by atoms with Crippen LogP contribution in [0.5, 0.6) is 0 Å². The number of halogens is 1. The number of oxazole rings is 1. The zero-order valence-electron chi connectivity index (χ0n) is 9.61. The topological polar surface area (TPSA) is 80.5 Å². The van der Waals surface area contributed by atoms with E-state index in [0.717, 1.165) is 0 Å². The third-order valence-electron chi connectivity index (χ3n) is 3.12. The normalized spacial score (nSPS) is 20.4. The van der Waals surface area contributed by atoms with Crippen LogP contribution >= 0.6 is 0 Å². The lowest BCUT2D eigenvalue weighted by Crippen LogP contribution is -2.27. The number of anilines is 1. The Bertz CT molecular complexity index is 755. The predicted octanol–water partition coefficient (Wildman–Crippen LogP) is 1.23. The van der Waals surface area contributed by atoms with E-state index < -0.39 is 21.4 Å². The van der Waals surface area contributed by atoms with Crippen LogP contribution < -0.4 is 4.90 Å². The van der Waals surface area contributed by atoms with Crippen molar-refractivity contribution in [3.63, 3.8) is 0 Å². The number of hydrogen-bond donors (Lipinski definition) is 0. The number of benzene rings is 1. The molecule has 1 aliphatic rings. The third-order valence-corrected chi connectivity index (χ3v) is 4.23. The predicted molar refractivity (Wildman–Crippen MR) is 64.8 cm³/mol. The zero-order valence-corrected chi connectivity index (χ0v) is 10.4. The minimum atomic E-state index is -4.72. The first-order valence-electron chi connectivity index (χ1n) is 5.53. The maximum atomic E-state index is 13.0. The van der Waals surface area contributed by atoms with Gasteiger partial charge < -0.3 is 9.32 Å². The Morgan fingerprint density at radius 2 is 2.21 bits per heavy atom. The molecule has 1 saturated heterocycles. The second-order valence-corrected chi connectivity index (χ2v) is 5.90. The molecule has 1 aromatic carbocycles. The molecule has 2 aromatic rings. The fourth-order valence-corrected chi connectivity index (χ4v) is 2.85. The maximum absolute atomic E-state index is 13.0. The minimum Gasteiger partial charge on any atom is -0.443 e. The molecular weight excluding hydrogens is 275 g/mol. The number of hydrogen-bond acceptors (Lipinski definition) is 5.